The first kappa shape index (κ1) is 13.3. The van der Waals surface area contributed by atoms with Gasteiger partial charge in [0.15, 0.2) is 11.5 Å². The second-order valence-electron chi connectivity index (χ2n) is 4.58. The molecule has 0 saturated carbocycles. The third-order valence-corrected chi connectivity index (χ3v) is 3.09. The van der Waals surface area contributed by atoms with Gasteiger partial charge in [-0.3, -0.25) is 9.89 Å². The summed E-state index contributed by atoms with van der Waals surface area (Å²) in [6.45, 7) is 0.438. The second kappa shape index (κ2) is 5.76. The maximum atomic E-state index is 11.8. The molecule has 0 radical (unpaired) electrons. The van der Waals surface area contributed by atoms with Gasteiger partial charge in [0, 0.05) is 30.2 Å². The fourth-order valence-corrected chi connectivity index (χ4v) is 1.99. The first-order chi connectivity index (χ1) is 10.3. The Balaban J connectivity index is 1.79. The number of hydrogen-bond donors (Lipinski definition) is 3. The van der Waals surface area contributed by atoms with Crippen molar-refractivity contribution in [3.05, 3.63) is 36.2 Å². The molecular formula is C14H14N4O3. The molecule has 3 rings (SSSR count). The normalized spacial score (nSPS) is 10.9. The number of aromatic nitrogens is 3. The number of aliphatic hydroxyl groups excluding tert-OH is 1. The molecule has 0 saturated heterocycles. The Morgan fingerprint density at radius 2 is 2.29 bits per heavy atom. The third kappa shape index (κ3) is 2.77. The highest BCUT2D eigenvalue weighted by atomic mass is 16.5. The van der Waals surface area contributed by atoms with Crippen LogP contribution in [0, 0.1) is 0 Å². The maximum Gasteiger partial charge on any atom is 0.273 e. The Kier molecular flexibility index (Phi) is 3.65. The summed E-state index contributed by atoms with van der Waals surface area (Å²) in [6.07, 6.45) is 2.23. The van der Waals surface area contributed by atoms with Gasteiger partial charge in [-0.2, -0.15) is 5.10 Å². The molecule has 3 aromatic rings. The number of amides is 1. The predicted molar refractivity (Wildman–Crippen MR) is 75.6 cm³/mol. The first-order valence-electron chi connectivity index (χ1n) is 6.57. The van der Waals surface area contributed by atoms with Crippen LogP contribution in [0.2, 0.25) is 0 Å². The molecule has 0 aliphatic carbocycles. The van der Waals surface area contributed by atoms with Gasteiger partial charge in [0.2, 0.25) is 0 Å². The number of aromatic amines is 1. The van der Waals surface area contributed by atoms with E-state index in [1.807, 2.05) is 18.2 Å². The average Bonchev–Trinajstić information content (AvgIpc) is 3.15. The van der Waals surface area contributed by atoms with E-state index in [0.29, 0.717) is 18.7 Å². The van der Waals surface area contributed by atoms with Crippen molar-refractivity contribution in [1.82, 2.24) is 20.7 Å². The van der Waals surface area contributed by atoms with Gasteiger partial charge in [-0.05, 0) is 24.6 Å². The van der Waals surface area contributed by atoms with E-state index in [2.05, 4.69) is 20.7 Å². The lowest BCUT2D eigenvalue weighted by Crippen LogP contribution is -2.25. The van der Waals surface area contributed by atoms with Gasteiger partial charge in [0.25, 0.3) is 5.91 Å². The third-order valence-electron chi connectivity index (χ3n) is 3.09. The molecule has 1 aromatic carbocycles. The molecule has 7 nitrogen and oxygen atoms in total. The molecule has 0 bridgehead atoms. The van der Waals surface area contributed by atoms with E-state index in [9.17, 15) is 4.79 Å². The number of nitrogens with one attached hydrogen (secondary N) is 2. The zero-order valence-corrected chi connectivity index (χ0v) is 11.2. The smallest absolute Gasteiger partial charge is 0.273 e. The summed E-state index contributed by atoms with van der Waals surface area (Å²) in [6, 6.07) is 7.26. The van der Waals surface area contributed by atoms with Crippen LogP contribution in [0.4, 0.5) is 0 Å². The van der Waals surface area contributed by atoms with Crippen LogP contribution in [0.1, 0.15) is 16.9 Å². The zero-order valence-electron chi connectivity index (χ0n) is 11.2. The van der Waals surface area contributed by atoms with Crippen LogP contribution < -0.4 is 5.32 Å². The lowest BCUT2D eigenvalue weighted by Gasteiger charge is -1.99. The summed E-state index contributed by atoms with van der Waals surface area (Å²) in [5.41, 5.74) is 1.97. The van der Waals surface area contributed by atoms with E-state index in [1.54, 1.807) is 12.3 Å². The second-order valence-corrected chi connectivity index (χ2v) is 4.58. The molecule has 1 amide bonds. The van der Waals surface area contributed by atoms with E-state index in [-0.39, 0.29) is 18.2 Å². The Morgan fingerprint density at radius 1 is 1.38 bits per heavy atom. The van der Waals surface area contributed by atoms with Crippen LogP contribution >= 0.6 is 0 Å². The minimum absolute atomic E-state index is 0.0368. The van der Waals surface area contributed by atoms with Crippen molar-refractivity contribution in [3.8, 4) is 11.3 Å². The SMILES string of the molecule is O=C(NCCCO)c1cc(-c2ccc3[nH]ncc3c2)on1. The molecule has 0 unspecified atom stereocenters. The van der Waals surface area contributed by atoms with E-state index >= 15 is 0 Å². The van der Waals surface area contributed by atoms with Gasteiger partial charge in [-0.15, -0.1) is 0 Å². The predicted octanol–water partition coefficient (Wildman–Crippen LogP) is 1.33. The van der Waals surface area contributed by atoms with Gasteiger partial charge in [-0.25, -0.2) is 0 Å². The number of carbonyl (C=O) groups is 1. The zero-order chi connectivity index (χ0) is 14.7. The van der Waals surface area contributed by atoms with Crippen molar-refractivity contribution < 1.29 is 14.4 Å². The van der Waals surface area contributed by atoms with Crippen LogP contribution in [0.25, 0.3) is 22.2 Å². The molecule has 7 heteroatoms. The number of fused-ring (bicyclic) bond motifs is 1. The molecule has 21 heavy (non-hydrogen) atoms. The molecule has 3 N–H and O–H groups in total. The fourth-order valence-electron chi connectivity index (χ4n) is 1.99. The topological polar surface area (TPSA) is 104 Å². The van der Waals surface area contributed by atoms with Crippen molar-refractivity contribution >= 4 is 16.8 Å². The lowest BCUT2D eigenvalue weighted by molar-refractivity contribution is 0.0942. The van der Waals surface area contributed by atoms with Crippen molar-refractivity contribution in [3.63, 3.8) is 0 Å². The summed E-state index contributed by atoms with van der Waals surface area (Å²) in [5, 5.41) is 22.9. The molecular weight excluding hydrogens is 272 g/mol. The van der Waals surface area contributed by atoms with Gasteiger partial charge >= 0.3 is 0 Å². The van der Waals surface area contributed by atoms with Crippen LogP contribution in [0.5, 0.6) is 0 Å². The van der Waals surface area contributed by atoms with E-state index < -0.39 is 0 Å². The number of carbonyl (C=O) groups excluding carboxylic acids is 1. The molecule has 108 valence electrons. The molecule has 0 fully saturated rings. The highest BCUT2D eigenvalue weighted by molar-refractivity contribution is 5.93. The first-order valence-corrected chi connectivity index (χ1v) is 6.57. The molecule has 0 spiro atoms. The van der Waals surface area contributed by atoms with E-state index in [0.717, 1.165) is 16.5 Å². The number of nitrogens with zero attached hydrogens (tertiary/aromatic N) is 2. The van der Waals surface area contributed by atoms with Crippen LogP contribution in [0.15, 0.2) is 35.0 Å². The van der Waals surface area contributed by atoms with Crippen molar-refractivity contribution in [2.75, 3.05) is 13.2 Å². The van der Waals surface area contributed by atoms with E-state index in [1.165, 1.54) is 0 Å². The Hall–Kier alpha value is -2.67. The van der Waals surface area contributed by atoms with E-state index in [4.69, 9.17) is 9.63 Å². The monoisotopic (exact) mass is 286 g/mol. The molecule has 2 aromatic heterocycles. The highest BCUT2D eigenvalue weighted by Gasteiger charge is 2.13. The Bertz CT molecular complexity index is 762. The Morgan fingerprint density at radius 3 is 3.14 bits per heavy atom. The highest BCUT2D eigenvalue weighted by Crippen LogP contribution is 2.24. The largest absolute Gasteiger partial charge is 0.396 e. The van der Waals surface area contributed by atoms with Gasteiger partial charge < -0.3 is 14.9 Å². The van der Waals surface area contributed by atoms with Crippen molar-refractivity contribution in [2.45, 2.75) is 6.42 Å². The molecule has 2 heterocycles. The van der Waals surface area contributed by atoms with Gasteiger partial charge in [-0.1, -0.05) is 5.16 Å². The van der Waals surface area contributed by atoms with Gasteiger partial charge in [0.1, 0.15) is 0 Å². The summed E-state index contributed by atoms with van der Waals surface area (Å²) in [5.74, 6) is 0.202. The van der Waals surface area contributed by atoms with Crippen molar-refractivity contribution in [2.24, 2.45) is 0 Å². The summed E-state index contributed by atoms with van der Waals surface area (Å²) in [4.78, 5) is 11.8. The van der Waals surface area contributed by atoms with Crippen LogP contribution in [0.3, 0.4) is 0 Å². The number of hydrogen-bond acceptors (Lipinski definition) is 5. The van der Waals surface area contributed by atoms with Crippen LogP contribution in [-0.2, 0) is 0 Å². The van der Waals surface area contributed by atoms with Gasteiger partial charge in [0.05, 0.1) is 11.7 Å². The standard InChI is InChI=1S/C14H14N4O3/c19-5-1-4-15-14(20)12-7-13(21-18-12)9-2-3-11-10(6-9)8-16-17-11/h2-3,6-8,19H,1,4-5H2,(H,15,20)(H,16,17). The maximum absolute atomic E-state index is 11.8. The molecule has 0 aliphatic rings. The van der Waals surface area contributed by atoms with Crippen LogP contribution in [-0.4, -0.2) is 39.5 Å². The molecule has 0 aliphatic heterocycles. The number of H-pyrrole nitrogens is 1. The number of rotatable bonds is 5. The number of aliphatic hydroxyl groups is 1. The summed E-state index contributed by atoms with van der Waals surface area (Å²) < 4.78 is 5.21. The average molecular weight is 286 g/mol. The lowest BCUT2D eigenvalue weighted by atomic mass is 10.1. The van der Waals surface area contributed by atoms with Crippen molar-refractivity contribution in [1.29, 1.82) is 0 Å². The summed E-state index contributed by atoms with van der Waals surface area (Å²) in [7, 11) is 0. The minimum Gasteiger partial charge on any atom is -0.396 e. The summed E-state index contributed by atoms with van der Waals surface area (Å²) >= 11 is 0. The minimum atomic E-state index is -0.317. The fraction of sp³-hybridized carbons (Fsp3) is 0.214. The quantitative estimate of drug-likeness (QED) is 0.614. The Labute approximate surface area is 119 Å². The molecule has 0 atom stereocenters. The number of benzene rings is 1.